The molecule has 0 rings (SSSR count). The number of nitriles is 1. The highest BCUT2D eigenvalue weighted by atomic mass is 16.5. The molecule has 0 aliphatic carbocycles. The maximum Gasteiger partial charge on any atom is 0.207 e. The summed E-state index contributed by atoms with van der Waals surface area (Å²) in [4.78, 5) is 3.50. The van der Waals surface area contributed by atoms with Crippen molar-refractivity contribution in [2.45, 2.75) is 26.9 Å². The lowest BCUT2D eigenvalue weighted by molar-refractivity contribution is 0.0830. The number of hydrogen-bond donors (Lipinski definition) is 1. The standard InChI is InChI=1S/C8H15N3O/c1-7(2)12-5-4-10-8(3)11-6-9/h7H,4-5H2,1-3H3,(H,10,11). The Morgan fingerprint density at radius 3 is 2.83 bits per heavy atom. The Bertz CT molecular complexity index is 181. The number of amidine groups is 1. The fourth-order valence-corrected chi connectivity index (χ4v) is 0.641. The molecule has 1 N–H and O–H groups in total. The largest absolute Gasteiger partial charge is 0.377 e. The van der Waals surface area contributed by atoms with Crippen LogP contribution in [0, 0.1) is 11.5 Å². The third-order valence-corrected chi connectivity index (χ3v) is 1.15. The fraction of sp³-hybridized carbons (Fsp3) is 0.750. The molecule has 0 saturated heterocycles. The van der Waals surface area contributed by atoms with E-state index in [0.717, 1.165) is 0 Å². The molecule has 0 amide bonds. The van der Waals surface area contributed by atoms with Gasteiger partial charge < -0.3 is 10.1 Å². The highest BCUT2D eigenvalue weighted by Gasteiger charge is 1.92. The summed E-state index contributed by atoms with van der Waals surface area (Å²) in [6, 6.07) is 0. The maximum absolute atomic E-state index is 8.17. The van der Waals surface area contributed by atoms with Crippen molar-refractivity contribution in [3.8, 4) is 6.19 Å². The Morgan fingerprint density at radius 2 is 2.33 bits per heavy atom. The van der Waals surface area contributed by atoms with Gasteiger partial charge in [-0.1, -0.05) is 0 Å². The smallest absolute Gasteiger partial charge is 0.207 e. The van der Waals surface area contributed by atoms with Gasteiger partial charge in [0, 0.05) is 6.54 Å². The zero-order valence-electron chi connectivity index (χ0n) is 7.79. The number of aliphatic imine (C=N–C) groups is 1. The molecule has 0 aromatic carbocycles. The lowest BCUT2D eigenvalue weighted by Crippen LogP contribution is -2.25. The Balaban J connectivity index is 3.33. The maximum atomic E-state index is 8.17. The number of nitrogens with one attached hydrogen (secondary N) is 1. The van der Waals surface area contributed by atoms with Gasteiger partial charge >= 0.3 is 0 Å². The predicted octanol–water partition coefficient (Wildman–Crippen LogP) is 0.900. The van der Waals surface area contributed by atoms with Crippen molar-refractivity contribution in [3.05, 3.63) is 0 Å². The molecular formula is C8H15N3O. The summed E-state index contributed by atoms with van der Waals surface area (Å²) >= 11 is 0. The summed E-state index contributed by atoms with van der Waals surface area (Å²) in [6.45, 7) is 7.04. The molecular weight excluding hydrogens is 154 g/mol. The molecule has 0 unspecified atom stereocenters. The molecule has 0 aromatic heterocycles. The monoisotopic (exact) mass is 169 g/mol. The van der Waals surface area contributed by atoms with Crippen LogP contribution in [-0.4, -0.2) is 25.1 Å². The molecule has 0 bridgehead atoms. The Hall–Kier alpha value is -1.08. The average Bonchev–Trinajstić information content (AvgIpc) is 1.98. The van der Waals surface area contributed by atoms with E-state index in [0.29, 0.717) is 19.0 Å². The van der Waals surface area contributed by atoms with Crippen LogP contribution >= 0.6 is 0 Å². The van der Waals surface area contributed by atoms with Crippen LogP contribution in [0.1, 0.15) is 20.8 Å². The first-order chi connectivity index (χ1) is 5.66. The van der Waals surface area contributed by atoms with Crippen molar-refractivity contribution >= 4 is 5.84 Å². The highest BCUT2D eigenvalue weighted by Crippen LogP contribution is 1.84. The summed E-state index contributed by atoms with van der Waals surface area (Å²) < 4.78 is 5.27. The van der Waals surface area contributed by atoms with Crippen molar-refractivity contribution in [2.75, 3.05) is 13.2 Å². The van der Waals surface area contributed by atoms with Crippen molar-refractivity contribution < 1.29 is 4.74 Å². The molecule has 0 heterocycles. The molecule has 0 aliphatic heterocycles. The van der Waals surface area contributed by atoms with Gasteiger partial charge in [0.15, 0.2) is 0 Å². The van der Waals surface area contributed by atoms with E-state index in [1.807, 2.05) is 13.8 Å². The van der Waals surface area contributed by atoms with Crippen molar-refractivity contribution in [1.82, 2.24) is 5.32 Å². The summed E-state index contributed by atoms with van der Waals surface area (Å²) in [7, 11) is 0. The molecule has 12 heavy (non-hydrogen) atoms. The zero-order chi connectivity index (χ0) is 9.40. The van der Waals surface area contributed by atoms with E-state index in [1.165, 1.54) is 0 Å². The minimum Gasteiger partial charge on any atom is -0.377 e. The average molecular weight is 169 g/mol. The molecule has 0 spiro atoms. The van der Waals surface area contributed by atoms with E-state index in [1.54, 1.807) is 13.1 Å². The predicted molar refractivity (Wildman–Crippen MR) is 47.8 cm³/mol. The van der Waals surface area contributed by atoms with Crippen molar-refractivity contribution in [3.63, 3.8) is 0 Å². The van der Waals surface area contributed by atoms with Gasteiger partial charge in [0.1, 0.15) is 5.84 Å². The molecule has 0 radical (unpaired) electrons. The number of ether oxygens (including phenoxy) is 1. The van der Waals surface area contributed by atoms with Crippen molar-refractivity contribution in [1.29, 1.82) is 5.26 Å². The van der Waals surface area contributed by atoms with Gasteiger partial charge in [-0.25, -0.2) is 0 Å². The first kappa shape index (κ1) is 10.9. The molecule has 68 valence electrons. The SMILES string of the molecule is C/C(=N\C#N)NCCOC(C)C. The first-order valence-electron chi connectivity index (χ1n) is 3.95. The van der Waals surface area contributed by atoms with Crippen LogP contribution in [-0.2, 0) is 4.74 Å². The minimum absolute atomic E-state index is 0.250. The summed E-state index contributed by atoms with van der Waals surface area (Å²) in [5.41, 5.74) is 0. The van der Waals surface area contributed by atoms with Crippen LogP contribution < -0.4 is 5.32 Å². The molecule has 0 saturated carbocycles. The van der Waals surface area contributed by atoms with Gasteiger partial charge in [0.25, 0.3) is 0 Å². The molecule has 0 aliphatic rings. The van der Waals surface area contributed by atoms with Crippen LogP contribution in [0.4, 0.5) is 0 Å². The zero-order valence-corrected chi connectivity index (χ0v) is 7.79. The van der Waals surface area contributed by atoms with Crippen LogP contribution in [0.3, 0.4) is 0 Å². The Morgan fingerprint density at radius 1 is 1.67 bits per heavy atom. The third-order valence-electron chi connectivity index (χ3n) is 1.15. The second-order valence-electron chi connectivity index (χ2n) is 2.64. The lowest BCUT2D eigenvalue weighted by Gasteiger charge is -2.07. The highest BCUT2D eigenvalue weighted by molar-refractivity contribution is 5.80. The quantitative estimate of drug-likeness (QED) is 0.294. The fourth-order valence-electron chi connectivity index (χ4n) is 0.641. The van der Waals surface area contributed by atoms with Gasteiger partial charge in [-0.2, -0.15) is 10.3 Å². The van der Waals surface area contributed by atoms with Crippen LogP contribution in [0.25, 0.3) is 0 Å². The molecule has 0 atom stereocenters. The minimum atomic E-state index is 0.250. The lowest BCUT2D eigenvalue weighted by atomic mass is 10.5. The van der Waals surface area contributed by atoms with E-state index in [9.17, 15) is 0 Å². The van der Waals surface area contributed by atoms with Gasteiger partial charge in [0.05, 0.1) is 12.7 Å². The van der Waals surface area contributed by atoms with Gasteiger partial charge in [-0.15, -0.1) is 0 Å². The van der Waals surface area contributed by atoms with E-state index in [2.05, 4.69) is 10.3 Å². The van der Waals surface area contributed by atoms with Crippen LogP contribution in [0.15, 0.2) is 4.99 Å². The third kappa shape index (κ3) is 7.03. The molecule has 4 nitrogen and oxygen atoms in total. The van der Waals surface area contributed by atoms with Crippen LogP contribution in [0.2, 0.25) is 0 Å². The van der Waals surface area contributed by atoms with Gasteiger partial charge in [-0.05, 0) is 20.8 Å². The summed E-state index contributed by atoms with van der Waals surface area (Å²) in [5.74, 6) is 0.629. The van der Waals surface area contributed by atoms with Gasteiger partial charge in [0.2, 0.25) is 6.19 Å². The topological polar surface area (TPSA) is 57.4 Å². The second kappa shape index (κ2) is 6.62. The van der Waals surface area contributed by atoms with E-state index in [4.69, 9.17) is 10.00 Å². The molecule has 0 fully saturated rings. The Labute approximate surface area is 73.2 Å². The number of hydrogen-bond acceptors (Lipinski definition) is 3. The number of rotatable bonds is 4. The molecule has 4 heteroatoms. The van der Waals surface area contributed by atoms with E-state index >= 15 is 0 Å². The van der Waals surface area contributed by atoms with Crippen molar-refractivity contribution in [2.24, 2.45) is 4.99 Å². The molecule has 0 aromatic rings. The second-order valence-corrected chi connectivity index (χ2v) is 2.64. The number of nitrogens with zero attached hydrogens (tertiary/aromatic N) is 2. The summed E-state index contributed by atoms with van der Waals surface area (Å²) in [5, 5.41) is 11.1. The van der Waals surface area contributed by atoms with Gasteiger partial charge in [-0.3, -0.25) is 0 Å². The first-order valence-corrected chi connectivity index (χ1v) is 3.95. The van der Waals surface area contributed by atoms with Crippen LogP contribution in [0.5, 0.6) is 0 Å². The normalized spacial score (nSPS) is 11.4. The van der Waals surface area contributed by atoms with E-state index < -0.39 is 0 Å². The Kier molecular flexibility index (Phi) is 6.02. The summed E-state index contributed by atoms with van der Waals surface area (Å²) in [6.07, 6.45) is 1.95. The van der Waals surface area contributed by atoms with E-state index in [-0.39, 0.29) is 6.10 Å².